The molecule has 4 nitrogen and oxygen atoms in total. The van der Waals surface area contributed by atoms with Crippen molar-refractivity contribution in [1.82, 2.24) is 19.3 Å². The van der Waals surface area contributed by atoms with E-state index in [0.29, 0.717) is 23.3 Å². The van der Waals surface area contributed by atoms with Gasteiger partial charge in [0.15, 0.2) is 0 Å². The third kappa shape index (κ3) is 2.70. The van der Waals surface area contributed by atoms with Crippen LogP contribution in [0, 0.1) is 5.82 Å². The summed E-state index contributed by atoms with van der Waals surface area (Å²) in [6, 6.07) is 5.13. The molecular formula is C14H13BrClFN4. The van der Waals surface area contributed by atoms with E-state index in [2.05, 4.69) is 26.0 Å². The number of rotatable bonds is 4. The predicted molar refractivity (Wildman–Crippen MR) is 84.1 cm³/mol. The van der Waals surface area contributed by atoms with Gasteiger partial charge in [-0.2, -0.15) is 5.10 Å². The monoisotopic (exact) mass is 370 g/mol. The number of benzene rings is 1. The quantitative estimate of drug-likeness (QED) is 0.658. The van der Waals surface area contributed by atoms with Crippen molar-refractivity contribution in [3.8, 4) is 0 Å². The average molecular weight is 372 g/mol. The number of fused-ring (bicyclic) bond motifs is 1. The molecule has 0 unspecified atom stereocenters. The number of alkyl halides is 1. The Morgan fingerprint density at radius 1 is 1.38 bits per heavy atom. The van der Waals surface area contributed by atoms with Crippen molar-refractivity contribution >= 4 is 38.6 Å². The van der Waals surface area contributed by atoms with Crippen LogP contribution < -0.4 is 0 Å². The summed E-state index contributed by atoms with van der Waals surface area (Å²) in [7, 11) is 1.88. The lowest BCUT2D eigenvalue weighted by Gasteiger charge is -2.09. The van der Waals surface area contributed by atoms with Crippen LogP contribution in [0.4, 0.5) is 4.39 Å². The Hall–Kier alpha value is -1.40. The van der Waals surface area contributed by atoms with E-state index in [-0.39, 0.29) is 5.82 Å². The van der Waals surface area contributed by atoms with Crippen molar-refractivity contribution in [2.45, 2.75) is 13.0 Å². The summed E-state index contributed by atoms with van der Waals surface area (Å²) < 4.78 is 18.1. The van der Waals surface area contributed by atoms with Gasteiger partial charge in [-0.3, -0.25) is 4.68 Å². The molecule has 0 saturated carbocycles. The van der Waals surface area contributed by atoms with E-state index in [1.807, 2.05) is 17.7 Å². The number of aromatic nitrogens is 4. The lowest BCUT2D eigenvalue weighted by Crippen LogP contribution is -2.09. The molecule has 2 aromatic heterocycles. The molecule has 7 heteroatoms. The Bertz CT molecular complexity index is 796. The van der Waals surface area contributed by atoms with Gasteiger partial charge in [-0.25, -0.2) is 9.37 Å². The molecule has 0 saturated heterocycles. The van der Waals surface area contributed by atoms with Gasteiger partial charge in [0.1, 0.15) is 11.6 Å². The summed E-state index contributed by atoms with van der Waals surface area (Å²) in [5, 5.41) is 4.16. The van der Waals surface area contributed by atoms with Crippen LogP contribution in [0.1, 0.15) is 11.5 Å². The van der Waals surface area contributed by atoms with Gasteiger partial charge in [-0.05, 0) is 28.1 Å². The van der Waals surface area contributed by atoms with Crippen molar-refractivity contribution < 1.29 is 4.39 Å². The normalized spacial score (nSPS) is 11.4. The van der Waals surface area contributed by atoms with E-state index in [4.69, 9.17) is 11.6 Å². The van der Waals surface area contributed by atoms with Gasteiger partial charge in [-0.1, -0.05) is 0 Å². The van der Waals surface area contributed by atoms with Gasteiger partial charge in [-0.15, -0.1) is 11.6 Å². The largest absolute Gasteiger partial charge is 0.322 e. The molecule has 0 atom stereocenters. The number of imidazole rings is 1. The zero-order valence-corrected chi connectivity index (χ0v) is 13.7. The number of halogens is 3. The number of aryl methyl sites for hydroxylation is 2. The standard InChI is InChI=1S/C14H13BrClFN4/c1-20-9(3-5-18-20)8-21-13-7-11(17)10(15)6-12(13)19-14(21)2-4-16/h3,5-7H,2,4,8H2,1H3. The van der Waals surface area contributed by atoms with E-state index >= 15 is 0 Å². The van der Waals surface area contributed by atoms with Crippen LogP contribution in [0.25, 0.3) is 11.0 Å². The molecule has 2 heterocycles. The first kappa shape index (κ1) is 14.5. The third-order valence-electron chi connectivity index (χ3n) is 3.43. The zero-order valence-electron chi connectivity index (χ0n) is 11.4. The molecule has 0 aliphatic heterocycles. The summed E-state index contributed by atoms with van der Waals surface area (Å²) in [5.41, 5.74) is 2.54. The fraction of sp³-hybridized carbons (Fsp3) is 0.286. The van der Waals surface area contributed by atoms with E-state index in [1.165, 1.54) is 6.07 Å². The minimum atomic E-state index is -0.300. The third-order valence-corrected chi connectivity index (χ3v) is 4.23. The first-order valence-corrected chi connectivity index (χ1v) is 7.80. The van der Waals surface area contributed by atoms with Gasteiger partial charge < -0.3 is 4.57 Å². The lowest BCUT2D eigenvalue weighted by molar-refractivity contribution is 0.620. The Labute approximate surface area is 134 Å². The molecule has 0 N–H and O–H groups in total. The smallest absolute Gasteiger partial charge is 0.139 e. The lowest BCUT2D eigenvalue weighted by atomic mass is 10.3. The first-order valence-electron chi connectivity index (χ1n) is 6.47. The summed E-state index contributed by atoms with van der Waals surface area (Å²) in [6.45, 7) is 0.584. The van der Waals surface area contributed by atoms with Crippen molar-refractivity contribution in [1.29, 1.82) is 0 Å². The minimum Gasteiger partial charge on any atom is -0.322 e. The van der Waals surface area contributed by atoms with Gasteiger partial charge in [0.25, 0.3) is 0 Å². The maximum Gasteiger partial charge on any atom is 0.139 e. The van der Waals surface area contributed by atoms with Crippen LogP contribution in [-0.4, -0.2) is 25.2 Å². The molecule has 1 aromatic carbocycles. The molecule has 0 fully saturated rings. The second-order valence-electron chi connectivity index (χ2n) is 4.75. The Morgan fingerprint density at radius 3 is 2.86 bits per heavy atom. The molecule has 3 aromatic rings. The Morgan fingerprint density at radius 2 is 2.19 bits per heavy atom. The Balaban J connectivity index is 2.15. The highest BCUT2D eigenvalue weighted by Gasteiger charge is 2.14. The first-order chi connectivity index (χ1) is 10.1. The van der Waals surface area contributed by atoms with Crippen LogP contribution in [-0.2, 0) is 20.0 Å². The SMILES string of the molecule is Cn1nccc1Cn1c(CCCl)nc2cc(Br)c(F)cc21. The molecule has 3 rings (SSSR count). The fourth-order valence-electron chi connectivity index (χ4n) is 2.34. The summed E-state index contributed by atoms with van der Waals surface area (Å²) in [6.07, 6.45) is 2.38. The molecule has 0 aliphatic carbocycles. The minimum absolute atomic E-state index is 0.300. The van der Waals surface area contributed by atoms with Gasteiger partial charge >= 0.3 is 0 Å². The van der Waals surface area contributed by atoms with Gasteiger partial charge in [0.2, 0.25) is 0 Å². The molecule has 0 aliphatic rings. The summed E-state index contributed by atoms with van der Waals surface area (Å²) >= 11 is 9.05. The molecule has 0 spiro atoms. The second kappa shape index (κ2) is 5.77. The van der Waals surface area contributed by atoms with E-state index < -0.39 is 0 Å². The molecule has 21 heavy (non-hydrogen) atoms. The summed E-state index contributed by atoms with van der Waals surface area (Å²) in [4.78, 5) is 4.57. The topological polar surface area (TPSA) is 35.6 Å². The van der Waals surface area contributed by atoms with Crippen LogP contribution >= 0.6 is 27.5 Å². The van der Waals surface area contributed by atoms with Crippen molar-refractivity contribution in [2.75, 3.05) is 5.88 Å². The number of hydrogen-bond donors (Lipinski definition) is 0. The fourth-order valence-corrected chi connectivity index (χ4v) is 2.84. The van der Waals surface area contributed by atoms with Crippen LogP contribution in [0.2, 0.25) is 0 Å². The molecule has 0 bridgehead atoms. The average Bonchev–Trinajstić information content (AvgIpc) is 2.98. The highest BCUT2D eigenvalue weighted by Crippen LogP contribution is 2.25. The molecule has 0 amide bonds. The molecular weight excluding hydrogens is 359 g/mol. The van der Waals surface area contributed by atoms with Crippen LogP contribution in [0.3, 0.4) is 0 Å². The van der Waals surface area contributed by atoms with E-state index in [0.717, 1.165) is 22.6 Å². The van der Waals surface area contributed by atoms with Gasteiger partial charge in [0, 0.05) is 31.6 Å². The van der Waals surface area contributed by atoms with Crippen molar-refractivity contribution in [3.63, 3.8) is 0 Å². The van der Waals surface area contributed by atoms with E-state index in [9.17, 15) is 4.39 Å². The maximum atomic E-state index is 13.9. The predicted octanol–water partition coefficient (Wildman–Crippen LogP) is 3.50. The maximum absolute atomic E-state index is 13.9. The zero-order chi connectivity index (χ0) is 15.0. The Kier molecular flexibility index (Phi) is 3.99. The number of nitrogens with zero attached hydrogens (tertiary/aromatic N) is 4. The molecule has 0 radical (unpaired) electrons. The summed E-state index contributed by atoms with van der Waals surface area (Å²) in [5.74, 6) is 1.02. The van der Waals surface area contributed by atoms with Crippen LogP contribution in [0.5, 0.6) is 0 Å². The van der Waals surface area contributed by atoms with Crippen LogP contribution in [0.15, 0.2) is 28.9 Å². The highest BCUT2D eigenvalue weighted by atomic mass is 79.9. The number of hydrogen-bond acceptors (Lipinski definition) is 2. The second-order valence-corrected chi connectivity index (χ2v) is 5.99. The van der Waals surface area contributed by atoms with E-state index in [1.54, 1.807) is 16.9 Å². The van der Waals surface area contributed by atoms with Crippen molar-refractivity contribution in [3.05, 3.63) is 46.2 Å². The van der Waals surface area contributed by atoms with Crippen molar-refractivity contribution in [2.24, 2.45) is 7.05 Å². The highest BCUT2D eigenvalue weighted by molar-refractivity contribution is 9.10. The molecule has 110 valence electrons. The van der Waals surface area contributed by atoms with Gasteiger partial charge in [0.05, 0.1) is 27.7 Å².